The fraction of sp³-hybridized carbons (Fsp3) is 0.321. The Bertz CT molecular complexity index is 5400. The van der Waals surface area contributed by atoms with Crippen LogP contribution in [0.15, 0.2) is 164 Å². The number of anilines is 3. The number of aryl methyl sites for hydroxylation is 6. The normalized spacial score (nSPS) is 15.6. The number of para-hydroxylation sites is 1. The van der Waals surface area contributed by atoms with E-state index >= 15 is 0 Å². The van der Waals surface area contributed by atoms with Gasteiger partial charge in [-0.3, -0.25) is 9.59 Å². The summed E-state index contributed by atoms with van der Waals surface area (Å²) < 4.78 is 78.7. The van der Waals surface area contributed by atoms with Crippen LogP contribution in [-0.4, -0.2) is 169 Å². The number of aromatic nitrogens is 9. The number of rotatable bonds is 21. The summed E-state index contributed by atoms with van der Waals surface area (Å²) in [5.74, 6) is -0.667. The Morgan fingerprint density at radius 2 is 0.777 bits per heavy atom. The lowest BCUT2D eigenvalue weighted by Gasteiger charge is -2.22. The van der Waals surface area contributed by atoms with E-state index < -0.39 is 30.1 Å². The van der Waals surface area contributed by atoms with Gasteiger partial charge >= 0.3 is 12.0 Å². The lowest BCUT2D eigenvalue weighted by molar-refractivity contribution is -0.147. The van der Waals surface area contributed by atoms with Crippen LogP contribution in [0.1, 0.15) is 70.7 Å². The molecular weight excluding hydrogens is 1430 g/mol. The molecule has 582 valence electrons. The van der Waals surface area contributed by atoms with Gasteiger partial charge in [0.05, 0.1) is 117 Å². The van der Waals surface area contributed by atoms with Crippen molar-refractivity contribution in [1.82, 2.24) is 59.7 Å². The zero-order chi connectivity index (χ0) is 79.1. The summed E-state index contributed by atoms with van der Waals surface area (Å²) >= 11 is 0. The summed E-state index contributed by atoms with van der Waals surface area (Å²) in [5.41, 5.74) is 15.9. The molecule has 6 aromatic carbocycles. The van der Waals surface area contributed by atoms with Gasteiger partial charge in [-0.05, 0) is 151 Å². The van der Waals surface area contributed by atoms with Gasteiger partial charge in [-0.25, -0.2) is 33.3 Å². The minimum atomic E-state index is -3.61. The van der Waals surface area contributed by atoms with Gasteiger partial charge in [0.15, 0.2) is 57.5 Å². The average molecular weight is 1520 g/mol. The molecule has 3 N–H and O–H groups in total. The number of carbonyl (C=O) groups is 3. The van der Waals surface area contributed by atoms with Crippen LogP contribution >= 0.6 is 0 Å². The lowest BCUT2D eigenvalue weighted by Crippen LogP contribution is -2.45. The van der Waals surface area contributed by atoms with Gasteiger partial charge < -0.3 is 68.5 Å². The molecule has 0 bridgehead atoms. The Labute approximate surface area is 647 Å². The highest BCUT2D eigenvalue weighted by molar-refractivity contribution is 5.86. The van der Waals surface area contributed by atoms with E-state index in [9.17, 15) is 23.2 Å². The van der Waals surface area contributed by atoms with Crippen LogP contribution in [0, 0.1) is 41.5 Å². The molecule has 0 radical (unpaired) electrons. The van der Waals surface area contributed by atoms with Gasteiger partial charge in [0.25, 0.3) is 11.8 Å². The molecule has 3 fully saturated rings. The van der Waals surface area contributed by atoms with Crippen molar-refractivity contribution in [2.24, 2.45) is 0 Å². The van der Waals surface area contributed by atoms with E-state index in [4.69, 9.17) is 68.1 Å². The molecule has 0 unspecified atom stereocenters. The Hall–Kier alpha value is -12.6. The Balaban J connectivity index is 0.000000147. The maximum atomic E-state index is 14.7. The molecule has 15 rings (SSSR count). The zero-order valence-corrected chi connectivity index (χ0v) is 64.9. The van der Waals surface area contributed by atoms with Crippen LogP contribution in [0.3, 0.4) is 0 Å². The topological polar surface area (TPSA) is 261 Å². The second kappa shape index (κ2) is 33.7. The van der Waals surface area contributed by atoms with Gasteiger partial charge in [-0.2, -0.15) is 24.1 Å². The number of hydrogen-bond acceptors (Lipinski definition) is 20. The number of alkyl halides is 2. The second-order valence-corrected chi connectivity index (χ2v) is 27.7. The van der Waals surface area contributed by atoms with Crippen LogP contribution < -0.4 is 63.8 Å². The van der Waals surface area contributed by atoms with Gasteiger partial charge in [-0.1, -0.05) is 78.9 Å². The summed E-state index contributed by atoms with van der Waals surface area (Å²) in [4.78, 5) is 59.1. The predicted octanol–water partition coefficient (Wildman–Crippen LogP) is 13.0. The van der Waals surface area contributed by atoms with Crippen LogP contribution in [0.5, 0.6) is 40.2 Å². The van der Waals surface area contributed by atoms with E-state index in [0.29, 0.717) is 78.5 Å². The zero-order valence-electron chi connectivity index (χ0n) is 64.9. The molecule has 4 atom stereocenters. The Morgan fingerprint density at radius 1 is 0.429 bits per heavy atom. The summed E-state index contributed by atoms with van der Waals surface area (Å²) in [6, 6.07) is 48.6. The second-order valence-electron chi connectivity index (χ2n) is 27.7. The van der Waals surface area contributed by atoms with E-state index in [-0.39, 0.29) is 23.6 Å². The van der Waals surface area contributed by atoms with Crippen LogP contribution in [0.25, 0.3) is 50.7 Å². The molecule has 6 aromatic heterocycles. The van der Waals surface area contributed by atoms with Crippen molar-refractivity contribution in [3.8, 4) is 74.0 Å². The number of halogens is 2. The molecular formula is C84H91F2N15O11. The number of nitrogens with zero attached hydrogens (tertiary/aromatic N) is 12. The molecule has 3 amide bonds. The highest BCUT2D eigenvalue weighted by Crippen LogP contribution is 2.41. The number of carbonyl (C=O) groups excluding carboxylic acids is 3. The van der Waals surface area contributed by atoms with E-state index in [1.807, 2.05) is 166 Å². The Morgan fingerprint density at radius 3 is 1.14 bits per heavy atom. The largest absolute Gasteiger partial charge is 0.493 e. The first-order valence-electron chi connectivity index (χ1n) is 36.8. The van der Waals surface area contributed by atoms with E-state index in [1.54, 1.807) is 72.5 Å². The first kappa shape index (κ1) is 77.6. The molecule has 12 aromatic rings. The van der Waals surface area contributed by atoms with E-state index in [0.717, 1.165) is 128 Å². The molecule has 28 heteroatoms. The molecule has 0 aliphatic carbocycles. The van der Waals surface area contributed by atoms with Crippen molar-refractivity contribution in [2.45, 2.75) is 91.0 Å². The van der Waals surface area contributed by atoms with Crippen molar-refractivity contribution in [3.63, 3.8) is 0 Å². The maximum Gasteiger partial charge on any atom is 0.412 e. The first-order valence-corrected chi connectivity index (χ1v) is 36.8. The number of nitrogens with one attached hydrogen (secondary N) is 3. The minimum absolute atomic E-state index is 0.00115. The van der Waals surface area contributed by atoms with Crippen molar-refractivity contribution < 1.29 is 61.1 Å². The molecule has 3 aliphatic rings. The smallest absolute Gasteiger partial charge is 0.412 e. The molecule has 9 heterocycles. The molecule has 3 saturated heterocycles. The number of ether oxygens (including phenoxy) is 8. The highest BCUT2D eigenvalue weighted by Gasteiger charge is 2.43. The maximum absolute atomic E-state index is 14.7. The SMILES string of the molecule is COc1ccc(-c2c(C)nc3c(N4CC[C@@H](NC(=O)C(F)(F)c5ccccc5)C4)cc(C)nn23)cc1OC.COc1ccc(-c2c(C)nc3c(N4CC[C@@H](NC(=O)Oc5ccccc5)C4)cc(C)nn23)cc1OC.COc1ccc(-c2c(C)nc3c(N4CC[C@@H](NC(=O)[C@@H](OC)c5ccccc5)C4)cc(C)nn23)cc1OC. The third-order valence-corrected chi connectivity index (χ3v) is 20.1. The molecule has 0 saturated carbocycles. The van der Waals surface area contributed by atoms with Crippen molar-refractivity contribution in [3.05, 3.63) is 209 Å². The van der Waals surface area contributed by atoms with E-state index in [1.165, 1.54) is 24.3 Å². The minimum Gasteiger partial charge on any atom is -0.493 e. The quantitative estimate of drug-likeness (QED) is 0.0604. The third-order valence-electron chi connectivity index (χ3n) is 20.1. The number of imidazole rings is 3. The first-order chi connectivity index (χ1) is 54.1. The Kier molecular flexibility index (Phi) is 23.4. The summed E-state index contributed by atoms with van der Waals surface area (Å²) in [6.07, 6.45) is 1.08. The van der Waals surface area contributed by atoms with Gasteiger partial charge in [0, 0.05) is 80.7 Å². The van der Waals surface area contributed by atoms with Gasteiger partial charge in [0.1, 0.15) is 5.75 Å². The number of hydrogen-bond donors (Lipinski definition) is 3. The van der Waals surface area contributed by atoms with Gasteiger partial charge in [-0.15, -0.1) is 0 Å². The van der Waals surface area contributed by atoms with Crippen molar-refractivity contribution in [1.29, 1.82) is 0 Å². The summed E-state index contributed by atoms with van der Waals surface area (Å²) in [5, 5.41) is 23.0. The molecule has 112 heavy (non-hydrogen) atoms. The summed E-state index contributed by atoms with van der Waals surface area (Å²) in [6.45, 7) is 15.6. The third kappa shape index (κ3) is 16.3. The van der Waals surface area contributed by atoms with Crippen LogP contribution in [-0.2, 0) is 20.2 Å². The number of benzene rings is 6. The number of methoxy groups -OCH3 is 7. The fourth-order valence-electron chi connectivity index (χ4n) is 14.8. The highest BCUT2D eigenvalue weighted by atomic mass is 19.3. The molecule has 0 spiro atoms. The van der Waals surface area contributed by atoms with Crippen LogP contribution in [0.4, 0.5) is 30.6 Å². The van der Waals surface area contributed by atoms with Gasteiger partial charge in [0.2, 0.25) is 0 Å². The van der Waals surface area contributed by atoms with Crippen molar-refractivity contribution in [2.75, 3.05) is 104 Å². The average Bonchev–Trinajstić information content (AvgIpc) is 1.64. The predicted molar refractivity (Wildman–Crippen MR) is 423 cm³/mol. The standard InChI is InChI=1S/C29H33N5O4.C28H29F2N5O3.C27H29N5O4/c1-18-15-23(33-14-13-22(17-33)31-29(35)27(38-5)20-9-7-6-8-10-20)28-30-19(2)26(34(28)32-18)21-11-12-24(36-3)25(16-21)37-4;1-17-14-22(34-13-12-21(16-34)32-27(36)28(29,30)20-8-6-5-7-9-20)26-31-18(2)25(35(26)33-17)19-10-11-23(37-3)24(15-19)38-4;1-17-14-22(31-13-12-20(16-31)29-27(33)36-21-8-6-5-7-9-21)26-28-18(2)25(32(26)30-17)19-10-11-23(34-3)24(15-19)35-4/h6-12,15-16,22,27H,13-14,17H2,1-5H3,(H,31,35);5-11,14-15,21H,12-13,16H2,1-4H3,(H,32,36);5-11,14-15,20H,12-13,16H2,1-4H3,(H,29,33)/t22-,27+;21-;20-/m111/s1. The van der Waals surface area contributed by atoms with Crippen molar-refractivity contribution >= 4 is 51.9 Å². The number of amides is 3. The summed E-state index contributed by atoms with van der Waals surface area (Å²) in [7, 11) is 11.2. The van der Waals surface area contributed by atoms with Crippen LogP contribution in [0.2, 0.25) is 0 Å². The lowest BCUT2D eigenvalue weighted by atomic mass is 10.1. The molecule has 26 nitrogen and oxygen atoms in total. The van der Waals surface area contributed by atoms with E-state index in [2.05, 4.69) is 36.7 Å². The number of fused-ring (bicyclic) bond motifs is 3. The monoisotopic (exact) mass is 1520 g/mol. The molecule has 3 aliphatic heterocycles. The fourth-order valence-corrected chi connectivity index (χ4v) is 14.8.